The van der Waals surface area contributed by atoms with E-state index in [2.05, 4.69) is 44.8 Å². The Morgan fingerprint density at radius 1 is 1.15 bits per heavy atom. The van der Waals surface area contributed by atoms with E-state index in [-0.39, 0.29) is 29.4 Å². The number of halogens is 1. The first-order valence-corrected chi connectivity index (χ1v) is 21.2. The van der Waals surface area contributed by atoms with Crippen LogP contribution < -0.4 is 15.0 Å². The number of aromatic nitrogens is 1. The van der Waals surface area contributed by atoms with Gasteiger partial charge in [-0.1, -0.05) is 30.7 Å². The third-order valence-corrected chi connectivity index (χ3v) is 14.2. The van der Waals surface area contributed by atoms with Gasteiger partial charge in [-0.25, -0.2) is 0 Å². The molecule has 3 heterocycles. The first kappa shape index (κ1) is 39.6. The van der Waals surface area contributed by atoms with E-state index in [1.165, 1.54) is 11.1 Å². The number of fused-ring (bicyclic) bond motifs is 4. The van der Waals surface area contributed by atoms with E-state index in [1.807, 2.05) is 37.4 Å². The van der Waals surface area contributed by atoms with Gasteiger partial charge in [0.1, 0.15) is 5.75 Å². The zero-order valence-corrected chi connectivity index (χ0v) is 34.0. The zero-order valence-electron chi connectivity index (χ0n) is 32.4. The number of methoxy groups -OCH3 is 2. The lowest BCUT2D eigenvalue weighted by molar-refractivity contribution is -0.00436. The van der Waals surface area contributed by atoms with Gasteiger partial charge < -0.3 is 37.6 Å². The lowest BCUT2D eigenvalue weighted by Crippen LogP contribution is -2.49. The van der Waals surface area contributed by atoms with Crippen molar-refractivity contribution in [3.05, 3.63) is 94.3 Å². The van der Waals surface area contributed by atoms with Crippen LogP contribution in [0.2, 0.25) is 5.02 Å². The number of carbonyl (C=O) groups excluding carboxylic acids is 2. The molecule has 0 radical (unpaired) electrons. The lowest BCUT2D eigenvalue weighted by atomic mass is 9.68. The van der Waals surface area contributed by atoms with Crippen molar-refractivity contribution in [3.8, 4) is 5.75 Å². The Morgan fingerprint density at radius 3 is 2.73 bits per heavy atom. The topological polar surface area (TPSA) is 111 Å². The van der Waals surface area contributed by atoms with Crippen LogP contribution in [0.25, 0.3) is 0 Å². The molecule has 2 aromatic carbocycles. The molecule has 296 valence electrons. The number of amides is 2. The highest BCUT2D eigenvalue weighted by atomic mass is 35.5. The predicted octanol–water partition coefficient (Wildman–Crippen LogP) is 7.89. The average molecular weight is 790 g/mol. The molecule has 7 rings (SSSR count). The molecule has 1 N–H and O–H groups in total. The van der Waals surface area contributed by atoms with Crippen LogP contribution in [0.5, 0.6) is 5.75 Å². The molecule has 1 spiro atoms. The zero-order chi connectivity index (χ0) is 38.9. The van der Waals surface area contributed by atoms with Crippen molar-refractivity contribution in [2.75, 3.05) is 38.8 Å². The van der Waals surface area contributed by atoms with Gasteiger partial charge in [0.15, 0.2) is 0 Å². The molecule has 1 fully saturated rings. The number of rotatable bonds is 12. The van der Waals surface area contributed by atoms with Gasteiger partial charge in [0, 0.05) is 68.2 Å². The normalized spacial score (nSPS) is 25.3. The van der Waals surface area contributed by atoms with Gasteiger partial charge in [-0.05, 0) is 123 Å². The Kier molecular flexibility index (Phi) is 12.1. The van der Waals surface area contributed by atoms with E-state index in [9.17, 15) is 13.8 Å². The molecule has 4 aliphatic rings. The summed E-state index contributed by atoms with van der Waals surface area (Å²) in [6.45, 7) is 10.7. The van der Waals surface area contributed by atoms with E-state index < -0.39 is 21.9 Å². The summed E-state index contributed by atoms with van der Waals surface area (Å²) in [5.41, 5.74) is 4.94. The molecule has 0 saturated heterocycles. The fourth-order valence-electron chi connectivity index (χ4n) is 9.20. The Morgan fingerprint density at radius 2 is 1.98 bits per heavy atom. The van der Waals surface area contributed by atoms with Crippen LogP contribution in [-0.2, 0) is 49.1 Å². The van der Waals surface area contributed by atoms with Gasteiger partial charge in [-0.15, -0.1) is 6.58 Å². The summed E-state index contributed by atoms with van der Waals surface area (Å²) >= 11 is 6.46. The third-order valence-electron chi connectivity index (χ3n) is 12.6. The summed E-state index contributed by atoms with van der Waals surface area (Å²) in [7, 11) is 1.41. The Hall–Kier alpha value is -3.64. The number of nitrogens with one attached hydrogen (secondary N) is 1. The highest BCUT2D eigenvalue weighted by Gasteiger charge is 2.44. The van der Waals surface area contributed by atoms with Crippen LogP contribution in [0.15, 0.2) is 65.7 Å². The smallest absolute Gasteiger partial charge is 0.254 e. The van der Waals surface area contributed by atoms with Gasteiger partial charge in [0.2, 0.25) is 0 Å². The molecule has 2 unspecified atom stereocenters. The molecule has 1 saturated carbocycles. The molecule has 55 heavy (non-hydrogen) atoms. The first-order valence-electron chi connectivity index (χ1n) is 19.7. The molecule has 1 aromatic heterocycles. The maximum atomic E-state index is 14.0. The summed E-state index contributed by atoms with van der Waals surface area (Å²) in [6.07, 6.45) is 11.1. The minimum Gasteiger partial charge on any atom is -0.490 e. The van der Waals surface area contributed by atoms with Crippen molar-refractivity contribution in [2.24, 2.45) is 22.1 Å². The maximum absolute atomic E-state index is 14.0. The molecule has 12 heteroatoms. The Labute approximate surface area is 332 Å². The van der Waals surface area contributed by atoms with Crippen molar-refractivity contribution >= 4 is 39.7 Å². The summed E-state index contributed by atoms with van der Waals surface area (Å²) in [6, 6.07) is 13.5. The largest absolute Gasteiger partial charge is 0.490 e. The first-order chi connectivity index (χ1) is 26.5. The minimum atomic E-state index is -2.07. The Balaban J connectivity index is 1.17. The summed E-state index contributed by atoms with van der Waals surface area (Å²) in [5, 5.41) is 2.78. The van der Waals surface area contributed by atoms with Crippen LogP contribution in [-0.4, -0.2) is 67.9 Å². The van der Waals surface area contributed by atoms with Gasteiger partial charge in [-0.2, -0.15) is 10.6 Å². The summed E-state index contributed by atoms with van der Waals surface area (Å²) in [5.74, 6) is 0.316. The minimum absolute atomic E-state index is 0.113. The number of ether oxygens (including phenoxy) is 3. The van der Waals surface area contributed by atoms with E-state index in [0.29, 0.717) is 41.7 Å². The number of carbonyl (C=O) groups is 2. The second kappa shape index (κ2) is 16.8. The van der Waals surface area contributed by atoms with Gasteiger partial charge in [0.05, 0.1) is 30.1 Å². The van der Waals surface area contributed by atoms with E-state index in [0.717, 1.165) is 81.0 Å². The van der Waals surface area contributed by atoms with Crippen molar-refractivity contribution in [1.29, 1.82) is 0 Å². The van der Waals surface area contributed by atoms with Crippen LogP contribution in [0.4, 0.5) is 5.69 Å². The number of benzene rings is 2. The second-order valence-corrected chi connectivity index (χ2v) is 17.7. The van der Waals surface area contributed by atoms with Crippen molar-refractivity contribution in [3.63, 3.8) is 0 Å². The summed E-state index contributed by atoms with van der Waals surface area (Å²) < 4.78 is 38.2. The number of hydrogen-bond donors (Lipinski definition) is 1. The molecule has 0 bridgehead atoms. The molecule has 2 aliphatic heterocycles. The highest BCUT2D eigenvalue weighted by Crippen LogP contribution is 2.47. The monoisotopic (exact) mass is 789 g/mol. The molecule has 3 aromatic rings. The Bertz CT molecular complexity index is 2010. The third kappa shape index (κ3) is 8.27. The standard InChI is InChI=1S/C43H54ClN4O6S/c1-6-8-27(2)42(45-40(49)32-20-34-22-35(53-5)16-18-47(34)24-32)55(51)46-41(50)30-11-15-39-38(21-30)48(23-31-10-13-36(31)28(3)52-4)25-43(26-54-39)17-7-9-29-19-33(44)12-14-37(29)43/h6,11-12,14-15,19-21,24,27-28,31,35-36,42H,1,7-10,13,16-18,22-23,25-26H2,2-5H3,(H,45,49)/q-1/t27-,28-,31-,35?,36-,42?,43-/m0/s1. The van der Waals surface area contributed by atoms with Gasteiger partial charge in [-0.3, -0.25) is 9.59 Å². The second-order valence-electron chi connectivity index (χ2n) is 16.1. The fourth-order valence-corrected chi connectivity index (χ4v) is 10.5. The highest BCUT2D eigenvalue weighted by molar-refractivity contribution is 7.75. The maximum Gasteiger partial charge on any atom is 0.254 e. The molecular weight excluding hydrogens is 736 g/mol. The molecule has 10 nitrogen and oxygen atoms in total. The van der Waals surface area contributed by atoms with Crippen LogP contribution in [0.1, 0.15) is 89.9 Å². The number of nitrogens with zero attached hydrogens (tertiary/aromatic N) is 3. The molecule has 2 aliphatic carbocycles. The van der Waals surface area contributed by atoms with Gasteiger partial charge in [0.25, 0.3) is 11.8 Å². The SMILES string of the molecule is C=CC[C@H](C)C(NC(=O)c1cc2n(c1)CCC(OC)C2)[S-](=O)=NC(=O)c1ccc2c(c1)N(C[C@@H]1CC[C@H]1[C@H](C)OC)C[C@@]1(CCCc3cc(Cl)ccc31)CO2. The van der Waals surface area contributed by atoms with E-state index in [1.54, 1.807) is 26.4 Å². The molecular formula is C43H54ClN4O6S-. The lowest BCUT2D eigenvalue weighted by Gasteiger charge is -2.45. The molecule has 2 amide bonds. The number of anilines is 1. The van der Waals surface area contributed by atoms with Gasteiger partial charge >= 0.3 is 0 Å². The van der Waals surface area contributed by atoms with Crippen molar-refractivity contribution in [2.45, 2.75) is 94.8 Å². The number of hydrogen-bond acceptors (Lipinski definition) is 8. The van der Waals surface area contributed by atoms with E-state index >= 15 is 0 Å². The fraction of sp³-hybridized carbons (Fsp3) is 0.535. The summed E-state index contributed by atoms with van der Waals surface area (Å²) in [4.78, 5) is 29.9. The van der Waals surface area contributed by atoms with Crippen molar-refractivity contribution < 1.29 is 28.0 Å². The van der Waals surface area contributed by atoms with E-state index in [4.69, 9.17) is 25.8 Å². The van der Waals surface area contributed by atoms with Crippen LogP contribution in [0, 0.1) is 17.8 Å². The van der Waals surface area contributed by atoms with Crippen LogP contribution in [0.3, 0.4) is 0 Å². The van der Waals surface area contributed by atoms with Crippen molar-refractivity contribution in [1.82, 2.24) is 9.88 Å². The number of aryl methyl sites for hydroxylation is 2. The van der Waals surface area contributed by atoms with Crippen LogP contribution >= 0.6 is 11.6 Å². The quantitative estimate of drug-likeness (QED) is 0.147. The number of allylic oxidation sites excluding steroid dienone is 1. The average Bonchev–Trinajstić information content (AvgIpc) is 3.54. The molecule has 7 atom stereocenters. The predicted molar refractivity (Wildman–Crippen MR) is 216 cm³/mol.